The SMILES string of the molecule is Cc1cc(C)n(CC(=O)N2CCn3nc([C@@H](O)c4ccnn4C)cc3C2)n1. The van der Waals surface area contributed by atoms with Gasteiger partial charge in [0, 0.05) is 25.5 Å². The molecule has 0 aromatic carbocycles. The molecule has 9 nitrogen and oxygen atoms in total. The molecular formula is C18H23N7O2. The minimum absolute atomic E-state index is 0.0300. The van der Waals surface area contributed by atoms with Crippen LogP contribution in [0.15, 0.2) is 24.4 Å². The van der Waals surface area contributed by atoms with Crippen molar-refractivity contribution in [1.82, 2.24) is 34.2 Å². The Balaban J connectivity index is 1.48. The number of carbonyl (C=O) groups is 1. The summed E-state index contributed by atoms with van der Waals surface area (Å²) in [7, 11) is 1.79. The van der Waals surface area contributed by atoms with Gasteiger partial charge in [0.25, 0.3) is 0 Å². The van der Waals surface area contributed by atoms with Crippen molar-refractivity contribution in [3.05, 3.63) is 52.9 Å². The average Bonchev–Trinajstić information content (AvgIpc) is 3.32. The number of aromatic nitrogens is 6. The van der Waals surface area contributed by atoms with E-state index >= 15 is 0 Å². The third kappa shape index (κ3) is 3.25. The van der Waals surface area contributed by atoms with Crippen molar-refractivity contribution in [2.75, 3.05) is 6.54 Å². The van der Waals surface area contributed by atoms with Crippen LogP contribution in [0.3, 0.4) is 0 Å². The molecule has 3 aromatic heterocycles. The van der Waals surface area contributed by atoms with Gasteiger partial charge in [-0.2, -0.15) is 15.3 Å². The van der Waals surface area contributed by atoms with E-state index in [1.807, 2.05) is 35.6 Å². The second-order valence-corrected chi connectivity index (χ2v) is 6.97. The van der Waals surface area contributed by atoms with Crippen LogP contribution in [0, 0.1) is 13.8 Å². The highest BCUT2D eigenvalue weighted by Crippen LogP contribution is 2.23. The Kier molecular flexibility index (Phi) is 4.31. The molecule has 0 radical (unpaired) electrons. The van der Waals surface area contributed by atoms with Gasteiger partial charge in [-0.05, 0) is 32.0 Å². The van der Waals surface area contributed by atoms with Crippen LogP contribution in [0.4, 0.5) is 0 Å². The van der Waals surface area contributed by atoms with Crippen LogP contribution in [0.2, 0.25) is 0 Å². The Hall–Kier alpha value is -2.94. The van der Waals surface area contributed by atoms with Gasteiger partial charge in [-0.3, -0.25) is 18.8 Å². The highest BCUT2D eigenvalue weighted by molar-refractivity contribution is 5.76. The van der Waals surface area contributed by atoms with Crippen LogP contribution in [-0.4, -0.2) is 51.8 Å². The van der Waals surface area contributed by atoms with E-state index in [1.165, 1.54) is 0 Å². The average molecular weight is 369 g/mol. The van der Waals surface area contributed by atoms with Gasteiger partial charge in [-0.15, -0.1) is 0 Å². The van der Waals surface area contributed by atoms with E-state index in [0.717, 1.165) is 17.1 Å². The Labute approximate surface area is 156 Å². The summed E-state index contributed by atoms with van der Waals surface area (Å²) in [5, 5.41) is 23.6. The summed E-state index contributed by atoms with van der Waals surface area (Å²) in [4.78, 5) is 14.5. The van der Waals surface area contributed by atoms with Crippen LogP contribution in [-0.2, 0) is 31.5 Å². The minimum Gasteiger partial charge on any atom is -0.380 e. The highest BCUT2D eigenvalue weighted by Gasteiger charge is 2.25. The highest BCUT2D eigenvalue weighted by atomic mass is 16.3. The summed E-state index contributed by atoms with van der Waals surface area (Å²) < 4.78 is 5.23. The monoisotopic (exact) mass is 369 g/mol. The summed E-state index contributed by atoms with van der Waals surface area (Å²) in [5.74, 6) is 0.0300. The van der Waals surface area contributed by atoms with Crippen molar-refractivity contribution in [3.8, 4) is 0 Å². The normalized spacial score (nSPS) is 15.0. The van der Waals surface area contributed by atoms with E-state index in [0.29, 0.717) is 31.0 Å². The summed E-state index contributed by atoms with van der Waals surface area (Å²) in [6, 6.07) is 5.60. The van der Waals surface area contributed by atoms with Gasteiger partial charge in [0.1, 0.15) is 12.6 Å². The van der Waals surface area contributed by atoms with Crippen molar-refractivity contribution in [2.45, 2.75) is 39.6 Å². The third-order valence-corrected chi connectivity index (χ3v) is 4.98. The third-order valence-electron chi connectivity index (χ3n) is 4.98. The first-order valence-corrected chi connectivity index (χ1v) is 8.94. The zero-order valence-corrected chi connectivity index (χ0v) is 15.7. The number of hydrogen-bond donors (Lipinski definition) is 1. The van der Waals surface area contributed by atoms with Gasteiger partial charge in [0.05, 0.1) is 35.9 Å². The molecular weight excluding hydrogens is 346 g/mol. The summed E-state index contributed by atoms with van der Waals surface area (Å²) >= 11 is 0. The predicted molar refractivity (Wildman–Crippen MR) is 96.6 cm³/mol. The predicted octanol–water partition coefficient (Wildman–Crippen LogP) is 0.554. The molecule has 142 valence electrons. The Morgan fingerprint density at radius 1 is 1.26 bits per heavy atom. The van der Waals surface area contributed by atoms with E-state index in [2.05, 4.69) is 15.3 Å². The lowest BCUT2D eigenvalue weighted by atomic mass is 10.1. The van der Waals surface area contributed by atoms with Crippen LogP contribution in [0.5, 0.6) is 0 Å². The topological polar surface area (TPSA) is 94.0 Å². The smallest absolute Gasteiger partial charge is 0.244 e. The first-order valence-electron chi connectivity index (χ1n) is 8.94. The fourth-order valence-electron chi connectivity index (χ4n) is 3.50. The van der Waals surface area contributed by atoms with E-state index in [-0.39, 0.29) is 12.5 Å². The van der Waals surface area contributed by atoms with Crippen LogP contribution < -0.4 is 0 Å². The number of hydrogen-bond acceptors (Lipinski definition) is 5. The Bertz CT molecular complexity index is 984. The lowest BCUT2D eigenvalue weighted by Crippen LogP contribution is -2.40. The summed E-state index contributed by atoms with van der Waals surface area (Å²) in [6.07, 6.45) is 0.808. The molecule has 0 fully saturated rings. The molecule has 0 aliphatic carbocycles. The van der Waals surface area contributed by atoms with Crippen LogP contribution >= 0.6 is 0 Å². The molecule has 1 aliphatic rings. The van der Waals surface area contributed by atoms with Gasteiger partial charge >= 0.3 is 0 Å². The van der Waals surface area contributed by atoms with Crippen LogP contribution in [0.25, 0.3) is 0 Å². The van der Waals surface area contributed by atoms with Crippen molar-refractivity contribution in [2.24, 2.45) is 7.05 Å². The number of aryl methyl sites for hydroxylation is 3. The minimum atomic E-state index is -0.838. The number of fused-ring (bicyclic) bond motifs is 1. The molecule has 4 rings (SSSR count). The van der Waals surface area contributed by atoms with E-state index in [4.69, 9.17) is 0 Å². The van der Waals surface area contributed by atoms with Crippen LogP contribution in [0.1, 0.15) is 34.6 Å². The quantitative estimate of drug-likeness (QED) is 0.725. The lowest BCUT2D eigenvalue weighted by molar-refractivity contribution is -0.133. The molecule has 1 amide bonds. The molecule has 0 saturated carbocycles. The number of aliphatic hydroxyl groups excluding tert-OH is 1. The fourth-order valence-corrected chi connectivity index (χ4v) is 3.50. The van der Waals surface area contributed by atoms with Crippen molar-refractivity contribution in [1.29, 1.82) is 0 Å². The first-order chi connectivity index (χ1) is 12.9. The van der Waals surface area contributed by atoms with Gasteiger partial charge < -0.3 is 10.0 Å². The van der Waals surface area contributed by atoms with Gasteiger partial charge in [0.15, 0.2) is 0 Å². The molecule has 9 heteroatoms. The number of aliphatic hydroxyl groups is 1. The van der Waals surface area contributed by atoms with Gasteiger partial charge in [-0.1, -0.05) is 0 Å². The van der Waals surface area contributed by atoms with E-state index in [9.17, 15) is 9.90 Å². The number of nitrogens with zero attached hydrogens (tertiary/aromatic N) is 7. The van der Waals surface area contributed by atoms with Crippen molar-refractivity contribution in [3.63, 3.8) is 0 Å². The maximum Gasteiger partial charge on any atom is 0.244 e. The molecule has 0 unspecified atom stereocenters. The largest absolute Gasteiger partial charge is 0.380 e. The van der Waals surface area contributed by atoms with Gasteiger partial charge in [-0.25, -0.2) is 0 Å². The van der Waals surface area contributed by atoms with Gasteiger partial charge in [0.2, 0.25) is 5.91 Å². The summed E-state index contributed by atoms with van der Waals surface area (Å²) in [5.41, 5.74) is 4.05. The standard InChI is InChI=1S/C18H23N7O2/c1-12-8-13(2)25(20-12)11-17(26)23-6-7-24-14(10-23)9-15(21-24)18(27)16-4-5-19-22(16)3/h4-5,8-9,18,27H,6-7,10-11H2,1-3H3/t18-/m1/s1. The number of carbonyl (C=O) groups excluding carboxylic acids is 1. The second-order valence-electron chi connectivity index (χ2n) is 6.97. The number of rotatable bonds is 4. The molecule has 27 heavy (non-hydrogen) atoms. The Morgan fingerprint density at radius 2 is 2.07 bits per heavy atom. The molecule has 0 bridgehead atoms. The number of amides is 1. The molecule has 3 aromatic rings. The zero-order chi connectivity index (χ0) is 19.1. The maximum absolute atomic E-state index is 12.7. The molecule has 0 spiro atoms. The fraction of sp³-hybridized carbons (Fsp3) is 0.444. The maximum atomic E-state index is 12.7. The lowest BCUT2D eigenvalue weighted by Gasteiger charge is -2.27. The molecule has 1 aliphatic heterocycles. The summed E-state index contributed by atoms with van der Waals surface area (Å²) in [6.45, 7) is 5.78. The van der Waals surface area contributed by atoms with E-state index < -0.39 is 6.10 Å². The van der Waals surface area contributed by atoms with Crippen molar-refractivity contribution < 1.29 is 9.90 Å². The molecule has 4 heterocycles. The molecule has 1 N–H and O–H groups in total. The van der Waals surface area contributed by atoms with E-state index in [1.54, 1.807) is 28.7 Å². The molecule has 1 atom stereocenters. The zero-order valence-electron chi connectivity index (χ0n) is 15.7. The molecule has 0 saturated heterocycles. The first kappa shape index (κ1) is 17.5. The second kappa shape index (κ2) is 6.66. The Morgan fingerprint density at radius 3 is 2.74 bits per heavy atom. The van der Waals surface area contributed by atoms with Crippen molar-refractivity contribution >= 4 is 5.91 Å².